The first kappa shape index (κ1) is 24.0. The highest BCUT2D eigenvalue weighted by Gasteiger charge is 2.10. The van der Waals surface area contributed by atoms with Gasteiger partial charge in [0.15, 0.2) is 10.9 Å². The largest absolute Gasteiger partial charge is 0.459 e. The third-order valence-corrected chi connectivity index (χ3v) is 5.45. The van der Waals surface area contributed by atoms with Gasteiger partial charge in [-0.1, -0.05) is 29.8 Å². The van der Waals surface area contributed by atoms with Crippen LogP contribution in [0.2, 0.25) is 5.02 Å². The number of aryl methyl sites for hydroxylation is 1. The van der Waals surface area contributed by atoms with E-state index in [0.717, 1.165) is 11.1 Å². The Bertz CT molecular complexity index is 1410. The second kappa shape index (κ2) is 10.9. The lowest BCUT2D eigenvalue weighted by atomic mass is 10.1. The fourth-order valence-electron chi connectivity index (χ4n) is 3.09. The molecule has 0 atom stereocenters. The molecular weight excluding hydrogens is 486 g/mol. The monoisotopic (exact) mass is 505 g/mol. The molecule has 2 aromatic carbocycles. The normalized spacial score (nSPS) is 10.8. The van der Waals surface area contributed by atoms with Gasteiger partial charge in [0.25, 0.3) is 5.91 Å². The van der Waals surface area contributed by atoms with Gasteiger partial charge in [-0.15, -0.1) is 0 Å². The predicted molar refractivity (Wildman–Crippen MR) is 140 cm³/mol. The Morgan fingerprint density at radius 2 is 1.77 bits per heavy atom. The maximum atomic E-state index is 12.3. The molecule has 9 heteroatoms. The van der Waals surface area contributed by atoms with Crippen LogP contribution in [0.3, 0.4) is 0 Å². The molecule has 0 saturated carbocycles. The molecule has 0 saturated heterocycles. The number of amides is 2. The van der Waals surface area contributed by atoms with Crippen LogP contribution < -0.4 is 16.0 Å². The lowest BCUT2D eigenvalue weighted by molar-refractivity contribution is -0.115. The summed E-state index contributed by atoms with van der Waals surface area (Å²) >= 11 is 11.4. The highest BCUT2D eigenvalue weighted by Crippen LogP contribution is 2.27. The molecule has 2 aromatic heterocycles. The van der Waals surface area contributed by atoms with Crippen molar-refractivity contribution >= 4 is 58.2 Å². The van der Waals surface area contributed by atoms with Gasteiger partial charge in [0.2, 0.25) is 5.91 Å². The van der Waals surface area contributed by atoms with E-state index in [-0.39, 0.29) is 16.8 Å². The molecule has 0 spiro atoms. The Kier molecular flexibility index (Phi) is 7.45. The Morgan fingerprint density at radius 1 is 0.971 bits per heavy atom. The summed E-state index contributed by atoms with van der Waals surface area (Å²) in [5, 5.41) is 8.96. The van der Waals surface area contributed by atoms with E-state index >= 15 is 0 Å². The molecule has 0 bridgehead atoms. The van der Waals surface area contributed by atoms with Crippen LogP contribution in [0, 0.1) is 6.92 Å². The zero-order chi connectivity index (χ0) is 24.8. The van der Waals surface area contributed by atoms with Crippen molar-refractivity contribution in [3.05, 3.63) is 101 Å². The molecule has 2 amide bonds. The van der Waals surface area contributed by atoms with E-state index in [2.05, 4.69) is 16.0 Å². The minimum atomic E-state index is -0.430. The highest BCUT2D eigenvalue weighted by atomic mass is 35.5. The first-order valence-electron chi connectivity index (χ1n) is 10.5. The van der Waals surface area contributed by atoms with Crippen LogP contribution in [-0.2, 0) is 4.79 Å². The van der Waals surface area contributed by atoms with Gasteiger partial charge < -0.3 is 19.5 Å². The minimum absolute atomic E-state index is 0.101. The van der Waals surface area contributed by atoms with Crippen LogP contribution >= 0.6 is 23.8 Å². The van der Waals surface area contributed by atoms with Gasteiger partial charge in [-0.25, -0.2) is 0 Å². The standard InChI is InChI=1S/C26H20ClN3O4S/c1-16-7-8-17(14-21(16)27)22-11-9-20(34-22)10-12-24(31)30-26(35)29-19-5-2-4-18(15-19)28-25(32)23-6-3-13-33-23/h2-15H,1H3,(H,28,32)(H2,29,30,31,35)/b12-10+. The number of hydrogen-bond acceptors (Lipinski definition) is 5. The highest BCUT2D eigenvalue weighted by molar-refractivity contribution is 7.80. The number of thiocarbonyl (C=S) groups is 1. The number of rotatable bonds is 6. The van der Waals surface area contributed by atoms with E-state index in [1.54, 1.807) is 48.5 Å². The second-order valence-corrected chi connectivity index (χ2v) is 8.27. The molecule has 0 aliphatic carbocycles. The van der Waals surface area contributed by atoms with Crippen LogP contribution in [0.25, 0.3) is 17.4 Å². The molecular formula is C26H20ClN3O4S. The number of carbonyl (C=O) groups is 2. The molecule has 7 nitrogen and oxygen atoms in total. The summed E-state index contributed by atoms with van der Waals surface area (Å²) < 4.78 is 10.9. The second-order valence-electron chi connectivity index (χ2n) is 7.45. The van der Waals surface area contributed by atoms with Crippen molar-refractivity contribution in [2.45, 2.75) is 6.92 Å². The van der Waals surface area contributed by atoms with Crippen molar-refractivity contribution in [1.82, 2.24) is 5.32 Å². The summed E-state index contributed by atoms with van der Waals surface area (Å²) in [7, 11) is 0. The van der Waals surface area contributed by atoms with E-state index in [9.17, 15) is 9.59 Å². The smallest absolute Gasteiger partial charge is 0.291 e. The van der Waals surface area contributed by atoms with Gasteiger partial charge in [-0.3, -0.25) is 14.9 Å². The SMILES string of the molecule is Cc1ccc(-c2ccc(/C=C/C(=O)NC(=S)Nc3cccc(NC(=O)c4ccco4)c3)o2)cc1Cl. The molecule has 0 fully saturated rings. The zero-order valence-corrected chi connectivity index (χ0v) is 20.1. The Balaban J connectivity index is 1.31. The third kappa shape index (κ3) is 6.47. The number of hydrogen-bond donors (Lipinski definition) is 3. The van der Waals surface area contributed by atoms with Gasteiger partial charge in [0.05, 0.1) is 6.26 Å². The molecule has 0 unspecified atom stereocenters. The fraction of sp³-hybridized carbons (Fsp3) is 0.0385. The van der Waals surface area contributed by atoms with Gasteiger partial charge in [-0.2, -0.15) is 0 Å². The van der Waals surface area contributed by atoms with Gasteiger partial charge in [0.1, 0.15) is 11.5 Å². The maximum absolute atomic E-state index is 12.3. The topological polar surface area (TPSA) is 96.5 Å². The van der Waals surface area contributed by atoms with E-state index in [1.807, 2.05) is 31.2 Å². The van der Waals surface area contributed by atoms with Crippen LogP contribution in [0.5, 0.6) is 0 Å². The number of benzene rings is 2. The molecule has 176 valence electrons. The van der Waals surface area contributed by atoms with Crippen molar-refractivity contribution in [3.8, 4) is 11.3 Å². The molecule has 4 aromatic rings. The molecule has 0 aliphatic rings. The number of halogens is 1. The molecule has 4 rings (SSSR count). The Labute approximate surface area is 211 Å². The fourth-order valence-corrected chi connectivity index (χ4v) is 3.49. The van der Waals surface area contributed by atoms with Crippen LogP contribution in [0.1, 0.15) is 21.9 Å². The quantitative estimate of drug-likeness (QED) is 0.211. The van der Waals surface area contributed by atoms with Crippen molar-refractivity contribution in [2.24, 2.45) is 0 Å². The van der Waals surface area contributed by atoms with Crippen molar-refractivity contribution in [3.63, 3.8) is 0 Å². The van der Waals surface area contributed by atoms with Gasteiger partial charge in [0, 0.05) is 28.0 Å². The maximum Gasteiger partial charge on any atom is 0.291 e. The minimum Gasteiger partial charge on any atom is -0.459 e. The van der Waals surface area contributed by atoms with Crippen molar-refractivity contribution in [1.29, 1.82) is 0 Å². The number of nitrogens with one attached hydrogen (secondary N) is 3. The van der Waals surface area contributed by atoms with Crippen LogP contribution in [0.4, 0.5) is 11.4 Å². The van der Waals surface area contributed by atoms with Gasteiger partial charge >= 0.3 is 0 Å². The summed E-state index contributed by atoms with van der Waals surface area (Å²) in [6.45, 7) is 1.93. The Morgan fingerprint density at radius 3 is 2.51 bits per heavy atom. The van der Waals surface area contributed by atoms with Crippen molar-refractivity contribution in [2.75, 3.05) is 10.6 Å². The first-order valence-corrected chi connectivity index (χ1v) is 11.3. The summed E-state index contributed by atoms with van der Waals surface area (Å²) in [6, 6.07) is 19.3. The number of anilines is 2. The van der Waals surface area contributed by atoms with Crippen LogP contribution in [0.15, 0.2) is 87.9 Å². The van der Waals surface area contributed by atoms with Crippen molar-refractivity contribution < 1.29 is 18.4 Å². The van der Waals surface area contributed by atoms with E-state index < -0.39 is 5.91 Å². The lowest BCUT2D eigenvalue weighted by Gasteiger charge is -2.10. The predicted octanol–water partition coefficient (Wildman–Crippen LogP) is 6.28. The van der Waals surface area contributed by atoms with Crippen LogP contribution in [-0.4, -0.2) is 16.9 Å². The molecule has 0 radical (unpaired) electrons. The van der Waals surface area contributed by atoms with E-state index in [1.165, 1.54) is 12.3 Å². The first-order chi connectivity index (χ1) is 16.9. The van der Waals surface area contributed by atoms with Gasteiger partial charge in [-0.05, 0) is 79.3 Å². The number of carbonyl (C=O) groups excluding carboxylic acids is 2. The van der Waals surface area contributed by atoms with E-state index in [4.69, 9.17) is 32.7 Å². The molecule has 0 aliphatic heterocycles. The Hall–Kier alpha value is -4.14. The average molecular weight is 506 g/mol. The summed E-state index contributed by atoms with van der Waals surface area (Å²) in [5.41, 5.74) is 2.95. The number of furan rings is 2. The summed E-state index contributed by atoms with van der Waals surface area (Å²) in [5.74, 6) is 0.541. The summed E-state index contributed by atoms with van der Waals surface area (Å²) in [6.07, 6.45) is 4.29. The molecule has 3 N–H and O–H groups in total. The summed E-state index contributed by atoms with van der Waals surface area (Å²) in [4.78, 5) is 24.4. The molecule has 35 heavy (non-hydrogen) atoms. The van der Waals surface area contributed by atoms with E-state index in [0.29, 0.717) is 27.9 Å². The third-order valence-electron chi connectivity index (χ3n) is 4.84. The molecule has 2 heterocycles. The zero-order valence-electron chi connectivity index (χ0n) is 18.5. The lowest BCUT2D eigenvalue weighted by Crippen LogP contribution is -2.32. The average Bonchev–Trinajstić information content (AvgIpc) is 3.52.